The Balaban J connectivity index is 1.51. The Bertz CT molecular complexity index is 1240. The molecule has 4 rings (SSSR count). The summed E-state index contributed by atoms with van der Waals surface area (Å²) in [4.78, 5) is 45.8. The molecule has 0 bridgehead atoms. The lowest BCUT2D eigenvalue weighted by molar-refractivity contribution is -0.221. The molecule has 32 heavy (non-hydrogen) atoms. The summed E-state index contributed by atoms with van der Waals surface area (Å²) >= 11 is 0. The van der Waals surface area contributed by atoms with Gasteiger partial charge in [0, 0.05) is 29.8 Å². The number of fused-ring (bicyclic) bond motifs is 1. The summed E-state index contributed by atoms with van der Waals surface area (Å²) in [6.45, 7) is -0.447. The molecule has 1 aromatic carbocycles. The summed E-state index contributed by atoms with van der Waals surface area (Å²) in [5, 5.41) is 22.8. The van der Waals surface area contributed by atoms with Crippen molar-refractivity contribution in [3.63, 3.8) is 0 Å². The van der Waals surface area contributed by atoms with E-state index in [1.54, 1.807) is 0 Å². The first-order valence-corrected chi connectivity index (χ1v) is 9.85. The summed E-state index contributed by atoms with van der Waals surface area (Å²) in [5.41, 5.74) is -0.409. The van der Waals surface area contributed by atoms with Crippen LogP contribution in [0.15, 0.2) is 46.2 Å². The van der Waals surface area contributed by atoms with Gasteiger partial charge in [-0.25, -0.2) is 4.79 Å². The number of aromatic amines is 2. The number of aliphatic hydroxyl groups excluding tert-OH is 2. The van der Waals surface area contributed by atoms with Gasteiger partial charge in [0.1, 0.15) is 17.8 Å². The number of nitrogens with one attached hydrogen (secondary N) is 3. The Morgan fingerprint density at radius 3 is 2.84 bits per heavy atom. The van der Waals surface area contributed by atoms with Crippen molar-refractivity contribution in [3.05, 3.63) is 68.6 Å². The zero-order valence-electron chi connectivity index (χ0n) is 16.7. The fraction of sp³-hybridized carbons (Fsp3) is 0.350. The minimum absolute atomic E-state index is 0.209. The number of halogens is 1. The lowest BCUT2D eigenvalue weighted by Gasteiger charge is -2.18. The standard InChI is InChI=1S/C20H21FN4O7/c21-32-16-15(27)14(9-26)31-19(16)25-8-12(18(29)24-20(25)30)17(28)22-6-5-10-7-23-13-4-2-1-3-11(10)13/h1-4,7-8,14-16,19,23,26-27H,5-6,9H2,(H,22,28)(H,24,29,30)/t14-,15+,16-,19-/m1/s1. The van der Waals surface area contributed by atoms with Crippen LogP contribution in [0.5, 0.6) is 0 Å². The number of aliphatic hydroxyl groups is 2. The number of rotatable bonds is 7. The van der Waals surface area contributed by atoms with E-state index in [2.05, 4.69) is 15.2 Å². The Morgan fingerprint density at radius 2 is 2.09 bits per heavy atom. The van der Waals surface area contributed by atoms with E-state index in [4.69, 9.17) is 4.74 Å². The molecule has 5 N–H and O–H groups in total. The van der Waals surface area contributed by atoms with Gasteiger partial charge in [-0.05, 0) is 22.6 Å². The first kappa shape index (κ1) is 21.9. The quantitative estimate of drug-likeness (QED) is 0.326. The smallest absolute Gasteiger partial charge is 0.330 e. The van der Waals surface area contributed by atoms with Gasteiger partial charge < -0.3 is 25.3 Å². The zero-order chi connectivity index (χ0) is 22.8. The van der Waals surface area contributed by atoms with Crippen LogP contribution in [0.3, 0.4) is 0 Å². The number of para-hydroxylation sites is 1. The van der Waals surface area contributed by atoms with Crippen LogP contribution in [0, 0.1) is 0 Å². The third-order valence-corrected chi connectivity index (χ3v) is 5.44. The average Bonchev–Trinajstić information content (AvgIpc) is 3.34. The molecule has 0 spiro atoms. The van der Waals surface area contributed by atoms with Gasteiger partial charge in [0.2, 0.25) is 0 Å². The second-order valence-electron chi connectivity index (χ2n) is 7.37. The summed E-state index contributed by atoms with van der Waals surface area (Å²) < 4.78 is 19.0. The highest BCUT2D eigenvalue weighted by atomic mass is 19.3. The van der Waals surface area contributed by atoms with E-state index in [1.165, 1.54) is 0 Å². The van der Waals surface area contributed by atoms with Gasteiger partial charge >= 0.3 is 5.69 Å². The number of ether oxygens (including phenoxy) is 1. The first-order valence-electron chi connectivity index (χ1n) is 9.85. The third-order valence-electron chi connectivity index (χ3n) is 5.44. The van der Waals surface area contributed by atoms with Crippen LogP contribution in [0.2, 0.25) is 0 Å². The van der Waals surface area contributed by atoms with E-state index in [1.807, 2.05) is 35.4 Å². The topological polar surface area (TPSA) is 159 Å². The maximum absolute atomic E-state index is 13.0. The number of H-pyrrole nitrogens is 2. The molecule has 4 atom stereocenters. The fourth-order valence-electron chi connectivity index (χ4n) is 3.77. The summed E-state index contributed by atoms with van der Waals surface area (Å²) in [7, 11) is 0. The maximum atomic E-state index is 13.0. The van der Waals surface area contributed by atoms with Crippen molar-refractivity contribution < 1.29 is 29.2 Å². The van der Waals surface area contributed by atoms with Crippen molar-refractivity contribution in [1.29, 1.82) is 0 Å². The molecule has 0 radical (unpaired) electrons. The lowest BCUT2D eigenvalue weighted by atomic mass is 10.1. The summed E-state index contributed by atoms with van der Waals surface area (Å²) in [6.07, 6.45) is -2.70. The Kier molecular flexibility index (Phi) is 6.19. The van der Waals surface area contributed by atoms with E-state index < -0.39 is 53.9 Å². The summed E-state index contributed by atoms with van der Waals surface area (Å²) in [6, 6.07) is 7.68. The van der Waals surface area contributed by atoms with Crippen LogP contribution in [0.4, 0.5) is 4.53 Å². The molecule has 3 heterocycles. The predicted octanol–water partition coefficient (Wildman–Crippen LogP) is -0.489. The average molecular weight is 448 g/mol. The Labute approximate surface area is 179 Å². The molecule has 0 aliphatic carbocycles. The van der Waals surface area contributed by atoms with Crippen LogP contribution in [-0.4, -0.2) is 62.1 Å². The maximum Gasteiger partial charge on any atom is 0.330 e. The SMILES string of the molecule is O=C(NCCc1c[nH]c2ccccc12)c1cn([C@@H]2O[C@H](CO)[C@H](O)[C@H]2OF)c(=O)[nH]c1=O. The highest BCUT2D eigenvalue weighted by Gasteiger charge is 2.47. The highest BCUT2D eigenvalue weighted by Crippen LogP contribution is 2.30. The molecule has 12 heteroatoms. The van der Waals surface area contributed by atoms with Crippen molar-refractivity contribution in [1.82, 2.24) is 19.9 Å². The van der Waals surface area contributed by atoms with E-state index in [0.717, 1.165) is 27.2 Å². The molecule has 0 unspecified atom stereocenters. The van der Waals surface area contributed by atoms with Crippen molar-refractivity contribution >= 4 is 16.8 Å². The zero-order valence-corrected chi connectivity index (χ0v) is 16.7. The monoisotopic (exact) mass is 448 g/mol. The van der Waals surface area contributed by atoms with Crippen LogP contribution in [0.1, 0.15) is 22.1 Å². The lowest BCUT2D eigenvalue weighted by Crippen LogP contribution is -2.41. The Hall–Kier alpha value is -3.32. The number of nitrogens with zero attached hydrogens (tertiary/aromatic N) is 1. The third kappa shape index (κ3) is 3.96. The van der Waals surface area contributed by atoms with Crippen molar-refractivity contribution in [2.75, 3.05) is 13.2 Å². The van der Waals surface area contributed by atoms with Gasteiger partial charge in [0.25, 0.3) is 11.5 Å². The van der Waals surface area contributed by atoms with Crippen LogP contribution in [-0.2, 0) is 16.1 Å². The summed E-state index contributed by atoms with van der Waals surface area (Å²) in [5.74, 6) is -0.755. The van der Waals surface area contributed by atoms with Crippen LogP contribution < -0.4 is 16.6 Å². The molecule has 2 aromatic heterocycles. The molecule has 3 aromatic rings. The van der Waals surface area contributed by atoms with Crippen molar-refractivity contribution in [3.8, 4) is 0 Å². The number of hydrogen-bond acceptors (Lipinski definition) is 7. The molecular formula is C20H21FN4O7. The number of carbonyl (C=O) groups is 1. The molecule has 1 saturated heterocycles. The van der Waals surface area contributed by atoms with Crippen molar-refractivity contribution in [2.45, 2.75) is 31.0 Å². The van der Waals surface area contributed by atoms with Gasteiger partial charge in [-0.3, -0.25) is 19.1 Å². The predicted molar refractivity (Wildman–Crippen MR) is 109 cm³/mol. The number of hydrogen-bond donors (Lipinski definition) is 5. The van der Waals surface area contributed by atoms with E-state index in [0.29, 0.717) is 6.42 Å². The second-order valence-corrected chi connectivity index (χ2v) is 7.37. The van der Waals surface area contributed by atoms with Gasteiger partial charge in [-0.1, -0.05) is 18.2 Å². The van der Waals surface area contributed by atoms with Gasteiger partial charge in [-0.15, -0.1) is 0 Å². The highest BCUT2D eigenvalue weighted by molar-refractivity contribution is 5.93. The van der Waals surface area contributed by atoms with E-state index in [-0.39, 0.29) is 6.54 Å². The molecule has 0 saturated carbocycles. The molecular weight excluding hydrogens is 427 g/mol. The molecule has 1 fully saturated rings. The minimum Gasteiger partial charge on any atom is -0.394 e. The van der Waals surface area contributed by atoms with Gasteiger partial charge in [0.05, 0.1) is 6.61 Å². The molecule has 1 aliphatic rings. The Morgan fingerprint density at radius 1 is 1.31 bits per heavy atom. The van der Waals surface area contributed by atoms with Gasteiger partial charge in [0.15, 0.2) is 12.3 Å². The number of benzene rings is 1. The fourth-order valence-corrected chi connectivity index (χ4v) is 3.77. The van der Waals surface area contributed by atoms with Crippen molar-refractivity contribution in [2.24, 2.45) is 0 Å². The normalized spacial score (nSPS) is 23.0. The van der Waals surface area contributed by atoms with Crippen LogP contribution >= 0.6 is 0 Å². The van der Waals surface area contributed by atoms with E-state index in [9.17, 15) is 29.1 Å². The number of aromatic nitrogens is 3. The van der Waals surface area contributed by atoms with E-state index >= 15 is 0 Å². The number of amides is 1. The minimum atomic E-state index is -1.64. The molecule has 1 amide bonds. The molecule has 170 valence electrons. The largest absolute Gasteiger partial charge is 0.394 e. The van der Waals surface area contributed by atoms with Gasteiger partial charge in [-0.2, -0.15) is 4.94 Å². The first-order chi connectivity index (χ1) is 15.4. The molecule has 11 nitrogen and oxygen atoms in total. The number of carbonyl (C=O) groups excluding carboxylic acids is 1. The molecule has 1 aliphatic heterocycles. The second kappa shape index (κ2) is 9.04. The van der Waals surface area contributed by atoms with Crippen LogP contribution in [0.25, 0.3) is 10.9 Å².